The fourth-order valence-electron chi connectivity index (χ4n) is 1.65. The maximum absolute atomic E-state index is 8.76. The summed E-state index contributed by atoms with van der Waals surface area (Å²) in [6.45, 7) is 1.60. The van der Waals surface area contributed by atoms with Gasteiger partial charge in [0.25, 0.3) is 0 Å². The summed E-state index contributed by atoms with van der Waals surface area (Å²) in [5.41, 5.74) is 0. The number of aromatic nitrogens is 4. The molecule has 0 fully saturated rings. The molecule has 26 heavy (non-hydrogen) atoms. The zero-order valence-electron chi connectivity index (χ0n) is 13.5. The van der Waals surface area contributed by atoms with E-state index in [4.69, 9.17) is 15.8 Å². The monoisotopic (exact) mass is 423 g/mol. The van der Waals surface area contributed by atoms with Crippen LogP contribution in [0, 0.1) is 34.0 Å². The Kier molecular flexibility index (Phi) is 8.93. The average Bonchev–Trinajstić information content (AvgIpc) is 3.30. The number of nitriles is 3. The van der Waals surface area contributed by atoms with Crippen LogP contribution in [0.5, 0.6) is 0 Å². The minimum atomic E-state index is 0.370. The van der Waals surface area contributed by atoms with Crippen molar-refractivity contribution in [3.05, 3.63) is 0 Å². The summed E-state index contributed by atoms with van der Waals surface area (Å²) in [6, 6.07) is 6.27. The van der Waals surface area contributed by atoms with Gasteiger partial charge in [-0.3, -0.25) is 0 Å². The van der Waals surface area contributed by atoms with Crippen LogP contribution in [0.1, 0.15) is 19.3 Å². The summed E-state index contributed by atoms with van der Waals surface area (Å²) in [5.74, 6) is 0. The van der Waals surface area contributed by atoms with Crippen LogP contribution in [0.25, 0.3) is 0 Å². The highest BCUT2D eigenvalue weighted by Crippen LogP contribution is 2.41. The Labute approximate surface area is 166 Å². The molecule has 0 aliphatic heterocycles. The molecular weight excluding hydrogens is 410 g/mol. The van der Waals surface area contributed by atoms with Gasteiger partial charge in [-0.2, -0.15) is 15.8 Å². The Morgan fingerprint density at radius 1 is 0.846 bits per heavy atom. The molecule has 13 heteroatoms. The molecule has 2 aromatic heterocycles. The Bertz CT molecular complexity index is 795. The molecule has 9 nitrogen and oxygen atoms in total. The van der Waals surface area contributed by atoms with Gasteiger partial charge < -0.3 is 10.2 Å². The third kappa shape index (κ3) is 6.65. The standard InChI is InChI=1S/C13H13N9S4/c14-4-1-7-17-10-18-20-12(23-10)25-26-13-21-19-11(24-13)22(8-2-5-15)9-3-6-16/h1-3,7-9H2,(H,17,18). The fourth-order valence-corrected chi connectivity index (χ4v) is 5.66. The second kappa shape index (κ2) is 11.5. The first-order chi connectivity index (χ1) is 12.8. The van der Waals surface area contributed by atoms with E-state index in [9.17, 15) is 0 Å². The first-order valence-corrected chi connectivity index (χ1v) is 11.2. The number of nitrogens with zero attached hydrogens (tertiary/aromatic N) is 8. The van der Waals surface area contributed by atoms with Gasteiger partial charge in [-0.25, -0.2) is 0 Å². The Balaban J connectivity index is 1.88. The minimum absolute atomic E-state index is 0.370. The first-order valence-electron chi connectivity index (χ1n) is 7.38. The van der Waals surface area contributed by atoms with Gasteiger partial charge in [-0.15, -0.1) is 20.4 Å². The van der Waals surface area contributed by atoms with Gasteiger partial charge in [-0.05, 0) is 21.6 Å². The van der Waals surface area contributed by atoms with Crippen LogP contribution in [0.2, 0.25) is 0 Å². The zero-order chi connectivity index (χ0) is 18.6. The fraction of sp³-hybridized carbons (Fsp3) is 0.462. The largest absolute Gasteiger partial charge is 0.359 e. The van der Waals surface area contributed by atoms with Gasteiger partial charge in [0.05, 0.1) is 37.5 Å². The van der Waals surface area contributed by atoms with E-state index in [1.165, 1.54) is 44.3 Å². The molecule has 2 heterocycles. The number of rotatable bonds is 11. The van der Waals surface area contributed by atoms with E-state index in [0.717, 1.165) is 8.68 Å². The average molecular weight is 424 g/mol. The van der Waals surface area contributed by atoms with Crippen molar-refractivity contribution in [1.82, 2.24) is 20.4 Å². The number of nitrogens with one attached hydrogen (secondary N) is 1. The lowest BCUT2D eigenvalue weighted by Crippen LogP contribution is -2.25. The normalized spacial score (nSPS) is 9.88. The topological polar surface area (TPSA) is 138 Å². The Morgan fingerprint density at radius 2 is 1.46 bits per heavy atom. The van der Waals surface area contributed by atoms with Crippen LogP contribution in [0.15, 0.2) is 8.68 Å². The van der Waals surface area contributed by atoms with Crippen LogP contribution in [-0.4, -0.2) is 40.0 Å². The lowest BCUT2D eigenvalue weighted by atomic mass is 10.4. The van der Waals surface area contributed by atoms with E-state index in [0.29, 0.717) is 49.2 Å². The predicted octanol–water partition coefficient (Wildman–Crippen LogP) is 3.15. The molecule has 0 atom stereocenters. The van der Waals surface area contributed by atoms with Crippen molar-refractivity contribution < 1.29 is 0 Å². The zero-order valence-corrected chi connectivity index (χ0v) is 16.7. The molecular formula is C13H13N9S4. The summed E-state index contributed by atoms with van der Waals surface area (Å²) in [7, 11) is 2.87. The van der Waals surface area contributed by atoms with Gasteiger partial charge in [-0.1, -0.05) is 22.7 Å². The van der Waals surface area contributed by atoms with Crippen molar-refractivity contribution >= 4 is 54.5 Å². The summed E-state index contributed by atoms with van der Waals surface area (Å²) in [6.07, 6.45) is 1.15. The number of anilines is 2. The molecule has 2 aromatic rings. The molecule has 0 spiro atoms. The molecule has 134 valence electrons. The highest BCUT2D eigenvalue weighted by molar-refractivity contribution is 8.77. The summed E-state index contributed by atoms with van der Waals surface area (Å²) >= 11 is 2.83. The van der Waals surface area contributed by atoms with Crippen molar-refractivity contribution in [3.8, 4) is 18.2 Å². The van der Waals surface area contributed by atoms with E-state index in [2.05, 4.69) is 43.9 Å². The minimum Gasteiger partial charge on any atom is -0.359 e. The van der Waals surface area contributed by atoms with E-state index in [1.807, 2.05) is 4.90 Å². The molecule has 0 unspecified atom stereocenters. The molecule has 0 aliphatic carbocycles. The molecule has 0 aliphatic rings. The van der Waals surface area contributed by atoms with Crippen molar-refractivity contribution in [2.24, 2.45) is 0 Å². The van der Waals surface area contributed by atoms with Gasteiger partial charge in [0.15, 0.2) is 8.68 Å². The summed E-state index contributed by atoms with van der Waals surface area (Å²) in [5, 5.41) is 46.8. The molecule has 0 saturated heterocycles. The van der Waals surface area contributed by atoms with Crippen LogP contribution in [0.3, 0.4) is 0 Å². The van der Waals surface area contributed by atoms with E-state index in [1.54, 1.807) is 0 Å². The van der Waals surface area contributed by atoms with Crippen LogP contribution < -0.4 is 10.2 Å². The molecule has 2 rings (SSSR count). The highest BCUT2D eigenvalue weighted by atomic mass is 33.1. The lowest BCUT2D eigenvalue weighted by molar-refractivity contribution is 0.782. The van der Waals surface area contributed by atoms with E-state index in [-0.39, 0.29) is 0 Å². The van der Waals surface area contributed by atoms with Crippen LogP contribution in [0.4, 0.5) is 10.3 Å². The SMILES string of the molecule is N#CCCNc1nnc(SSc2nnc(N(CCC#N)CCC#N)s2)s1. The van der Waals surface area contributed by atoms with Gasteiger partial charge in [0.2, 0.25) is 10.3 Å². The predicted molar refractivity (Wildman–Crippen MR) is 103 cm³/mol. The van der Waals surface area contributed by atoms with Crippen molar-refractivity contribution in [3.63, 3.8) is 0 Å². The third-order valence-electron chi connectivity index (χ3n) is 2.76. The quantitative estimate of drug-likeness (QED) is 0.421. The molecule has 0 saturated carbocycles. The van der Waals surface area contributed by atoms with Crippen LogP contribution >= 0.6 is 44.3 Å². The number of hydrogen-bond donors (Lipinski definition) is 1. The molecule has 0 aromatic carbocycles. The van der Waals surface area contributed by atoms with Gasteiger partial charge >= 0.3 is 0 Å². The molecule has 0 bridgehead atoms. The van der Waals surface area contributed by atoms with E-state index >= 15 is 0 Å². The first kappa shape index (κ1) is 20.2. The molecule has 0 radical (unpaired) electrons. The summed E-state index contributed by atoms with van der Waals surface area (Å²) in [4.78, 5) is 1.90. The second-order valence-electron chi connectivity index (χ2n) is 4.53. The smallest absolute Gasteiger partial charge is 0.209 e. The van der Waals surface area contributed by atoms with Crippen molar-refractivity contribution in [1.29, 1.82) is 15.8 Å². The van der Waals surface area contributed by atoms with Crippen LogP contribution in [-0.2, 0) is 0 Å². The maximum atomic E-state index is 8.76. The van der Waals surface area contributed by atoms with Gasteiger partial charge in [0, 0.05) is 19.6 Å². The maximum Gasteiger partial charge on any atom is 0.209 e. The number of hydrogen-bond acceptors (Lipinski definition) is 13. The Hall–Kier alpha value is -2.11. The second-order valence-corrected chi connectivity index (χ2v) is 9.09. The lowest BCUT2D eigenvalue weighted by Gasteiger charge is -2.17. The van der Waals surface area contributed by atoms with E-state index < -0.39 is 0 Å². The summed E-state index contributed by atoms with van der Waals surface area (Å²) < 4.78 is 1.54. The molecule has 1 N–H and O–H groups in total. The Morgan fingerprint density at radius 3 is 2.12 bits per heavy atom. The van der Waals surface area contributed by atoms with Crippen molar-refractivity contribution in [2.75, 3.05) is 29.9 Å². The van der Waals surface area contributed by atoms with Gasteiger partial charge in [0.1, 0.15) is 0 Å². The highest BCUT2D eigenvalue weighted by Gasteiger charge is 2.14. The third-order valence-corrected chi connectivity index (χ3v) is 7.57. The van der Waals surface area contributed by atoms with Crippen molar-refractivity contribution in [2.45, 2.75) is 27.9 Å². The molecule has 0 amide bonds.